The molecule has 1 heterocycles. The molecule has 0 aliphatic heterocycles. The Bertz CT molecular complexity index is 1210. The Morgan fingerprint density at radius 3 is 2.34 bits per heavy atom. The summed E-state index contributed by atoms with van der Waals surface area (Å²) in [4.78, 5) is 15.4. The van der Waals surface area contributed by atoms with Crippen LogP contribution in [0.15, 0.2) is 76.2 Å². The number of halogens is 3. The lowest BCUT2D eigenvalue weighted by Gasteiger charge is -2.19. The first-order chi connectivity index (χ1) is 13.9. The van der Waals surface area contributed by atoms with Gasteiger partial charge in [0.2, 0.25) is 0 Å². The van der Waals surface area contributed by atoms with Crippen LogP contribution in [-0.2, 0) is 0 Å². The fraction of sp³-hybridized carbons (Fsp3) is 0.0455. The van der Waals surface area contributed by atoms with Crippen LogP contribution in [0.3, 0.4) is 0 Å². The average molecular weight is 507 g/mol. The van der Waals surface area contributed by atoms with Crippen LogP contribution in [-0.4, -0.2) is 16.1 Å². The van der Waals surface area contributed by atoms with E-state index in [1.807, 2.05) is 54.7 Å². The van der Waals surface area contributed by atoms with Crippen LogP contribution in [0, 0.1) is 0 Å². The number of H-pyrrole nitrogens is 1. The summed E-state index contributed by atoms with van der Waals surface area (Å²) in [6.45, 7) is 0. The monoisotopic (exact) mass is 505 g/mol. The van der Waals surface area contributed by atoms with Crippen LogP contribution >= 0.6 is 50.9 Å². The number of aromatic carboxylic acids is 1. The molecule has 29 heavy (non-hydrogen) atoms. The van der Waals surface area contributed by atoms with E-state index in [2.05, 4.69) is 20.9 Å². The first-order valence-electron chi connectivity index (χ1n) is 8.64. The molecule has 3 nitrogen and oxygen atoms in total. The minimum Gasteiger partial charge on any atom is -0.478 e. The molecule has 0 fully saturated rings. The molecule has 0 bridgehead atoms. The Kier molecular flexibility index (Phi) is 5.93. The second-order valence-corrected chi connectivity index (χ2v) is 9.33. The van der Waals surface area contributed by atoms with Crippen molar-refractivity contribution in [2.24, 2.45) is 0 Å². The summed E-state index contributed by atoms with van der Waals surface area (Å²) in [7, 11) is 0. The number of thioether (sulfide) groups is 1. The highest BCUT2D eigenvalue weighted by Crippen LogP contribution is 2.46. The number of rotatable bonds is 5. The molecule has 4 aromatic rings. The number of hydrogen-bond acceptors (Lipinski definition) is 2. The van der Waals surface area contributed by atoms with Gasteiger partial charge in [-0.05, 0) is 65.7 Å². The van der Waals surface area contributed by atoms with Gasteiger partial charge in [-0.3, -0.25) is 0 Å². The van der Waals surface area contributed by atoms with Gasteiger partial charge in [-0.2, -0.15) is 0 Å². The van der Waals surface area contributed by atoms with Crippen LogP contribution in [0.1, 0.15) is 26.7 Å². The van der Waals surface area contributed by atoms with Gasteiger partial charge in [-0.25, -0.2) is 4.79 Å². The van der Waals surface area contributed by atoms with E-state index in [0.717, 1.165) is 31.4 Å². The maximum atomic E-state index is 11.2. The third kappa shape index (κ3) is 4.33. The summed E-state index contributed by atoms with van der Waals surface area (Å²) >= 11 is 17.7. The van der Waals surface area contributed by atoms with Crippen LogP contribution < -0.4 is 0 Å². The molecule has 4 rings (SSSR count). The van der Waals surface area contributed by atoms with Crippen LogP contribution in [0.25, 0.3) is 10.9 Å². The lowest BCUT2D eigenvalue weighted by Crippen LogP contribution is -1.99. The van der Waals surface area contributed by atoms with E-state index in [1.165, 1.54) is 0 Å². The smallest absolute Gasteiger partial charge is 0.335 e. The van der Waals surface area contributed by atoms with E-state index in [0.29, 0.717) is 10.0 Å². The van der Waals surface area contributed by atoms with Gasteiger partial charge >= 0.3 is 5.97 Å². The van der Waals surface area contributed by atoms with Crippen molar-refractivity contribution < 1.29 is 9.90 Å². The normalized spacial score (nSPS) is 12.2. The highest BCUT2D eigenvalue weighted by atomic mass is 79.9. The highest BCUT2D eigenvalue weighted by Gasteiger charge is 2.22. The van der Waals surface area contributed by atoms with Gasteiger partial charge in [0.15, 0.2) is 0 Å². The molecule has 1 aromatic heterocycles. The Labute approximate surface area is 190 Å². The van der Waals surface area contributed by atoms with Crippen LogP contribution in [0.2, 0.25) is 10.0 Å². The van der Waals surface area contributed by atoms with Crippen molar-refractivity contribution in [3.05, 3.63) is 98.1 Å². The van der Waals surface area contributed by atoms with Gasteiger partial charge < -0.3 is 10.1 Å². The Morgan fingerprint density at radius 1 is 0.966 bits per heavy atom. The molecule has 0 amide bonds. The maximum Gasteiger partial charge on any atom is 0.335 e. The van der Waals surface area contributed by atoms with Crippen LogP contribution in [0.5, 0.6) is 0 Å². The highest BCUT2D eigenvalue weighted by molar-refractivity contribution is 9.10. The Balaban J connectivity index is 1.82. The summed E-state index contributed by atoms with van der Waals surface area (Å²) in [6.07, 6.45) is 1.99. The molecule has 2 N–H and O–H groups in total. The summed E-state index contributed by atoms with van der Waals surface area (Å²) < 4.78 is 0.904. The number of carbonyl (C=O) groups is 1. The average Bonchev–Trinajstić information content (AvgIpc) is 3.10. The number of carboxylic acids is 1. The van der Waals surface area contributed by atoms with Gasteiger partial charge in [-0.1, -0.05) is 45.2 Å². The predicted octanol–water partition coefficient (Wildman–Crippen LogP) is 7.82. The molecule has 3 aromatic carbocycles. The van der Waals surface area contributed by atoms with Crippen molar-refractivity contribution in [1.82, 2.24) is 4.98 Å². The first kappa shape index (κ1) is 20.4. The SMILES string of the molecule is O=C(O)c1ccc(SC(c2ccc(Cl)cc2Br)c2c[nH]c3ccc(Cl)cc23)cc1. The Morgan fingerprint density at radius 2 is 1.66 bits per heavy atom. The molecule has 1 atom stereocenters. The Hall–Kier alpha value is -1.92. The molecular weight excluding hydrogens is 493 g/mol. The first-order valence-corrected chi connectivity index (χ1v) is 11.1. The van der Waals surface area contributed by atoms with Crippen molar-refractivity contribution in [3.63, 3.8) is 0 Å². The van der Waals surface area contributed by atoms with Crippen molar-refractivity contribution in [2.75, 3.05) is 0 Å². The van der Waals surface area contributed by atoms with Crippen LogP contribution in [0.4, 0.5) is 0 Å². The number of nitrogens with one attached hydrogen (secondary N) is 1. The van der Waals surface area contributed by atoms with Gasteiger partial charge in [0.25, 0.3) is 0 Å². The molecule has 0 aliphatic carbocycles. The molecule has 7 heteroatoms. The minimum atomic E-state index is -0.940. The largest absolute Gasteiger partial charge is 0.478 e. The molecule has 0 aliphatic rings. The number of aromatic nitrogens is 1. The van der Waals surface area contributed by atoms with Gasteiger partial charge in [0.05, 0.1) is 10.8 Å². The second-order valence-electron chi connectivity index (χ2n) is 6.43. The fourth-order valence-corrected chi connectivity index (χ4v) is 5.61. The molecule has 0 radical (unpaired) electrons. The zero-order valence-corrected chi connectivity index (χ0v) is 18.7. The topological polar surface area (TPSA) is 53.1 Å². The molecule has 0 spiro atoms. The van der Waals surface area contributed by atoms with Crippen molar-refractivity contribution in [2.45, 2.75) is 10.1 Å². The number of hydrogen-bond donors (Lipinski definition) is 2. The number of aromatic amines is 1. The lowest BCUT2D eigenvalue weighted by molar-refractivity contribution is 0.0697. The molecule has 146 valence electrons. The van der Waals surface area contributed by atoms with Gasteiger partial charge in [0.1, 0.15) is 0 Å². The van der Waals surface area contributed by atoms with E-state index in [-0.39, 0.29) is 10.8 Å². The maximum absolute atomic E-state index is 11.2. The number of carboxylic acid groups (broad SMARTS) is 1. The summed E-state index contributed by atoms with van der Waals surface area (Å²) in [5.41, 5.74) is 3.40. The predicted molar refractivity (Wildman–Crippen MR) is 124 cm³/mol. The third-order valence-electron chi connectivity index (χ3n) is 4.56. The zero-order chi connectivity index (χ0) is 20.5. The lowest BCUT2D eigenvalue weighted by atomic mass is 10.0. The van der Waals surface area contributed by atoms with Crippen molar-refractivity contribution in [1.29, 1.82) is 0 Å². The number of fused-ring (bicyclic) bond motifs is 1. The summed E-state index contributed by atoms with van der Waals surface area (Å²) in [5, 5.41) is 11.4. The summed E-state index contributed by atoms with van der Waals surface area (Å²) in [6, 6.07) is 18.4. The van der Waals surface area contributed by atoms with E-state index in [4.69, 9.17) is 28.3 Å². The molecule has 1 unspecified atom stereocenters. The van der Waals surface area contributed by atoms with E-state index in [9.17, 15) is 4.79 Å². The molecular formula is C22H14BrCl2NO2S. The second kappa shape index (κ2) is 8.44. The van der Waals surface area contributed by atoms with E-state index < -0.39 is 5.97 Å². The number of benzene rings is 3. The minimum absolute atomic E-state index is 0.0652. The third-order valence-corrected chi connectivity index (χ3v) is 7.00. The standard InChI is InChI=1S/C22H14BrCl2NO2S/c23-19-10-14(25)3-7-16(19)21(29-15-5-1-12(2-6-15)22(27)28)18-11-26-20-8-4-13(24)9-17(18)20/h1-11,21,26H,(H,27,28). The zero-order valence-electron chi connectivity index (χ0n) is 14.8. The van der Waals surface area contributed by atoms with Crippen molar-refractivity contribution in [3.8, 4) is 0 Å². The fourth-order valence-electron chi connectivity index (χ4n) is 3.15. The summed E-state index contributed by atoms with van der Waals surface area (Å²) in [5.74, 6) is -0.940. The van der Waals surface area contributed by atoms with Gasteiger partial charge in [0, 0.05) is 36.5 Å². The van der Waals surface area contributed by atoms with E-state index in [1.54, 1.807) is 23.9 Å². The molecule has 0 saturated carbocycles. The molecule has 0 saturated heterocycles. The van der Waals surface area contributed by atoms with Gasteiger partial charge in [-0.15, -0.1) is 11.8 Å². The quantitative estimate of drug-likeness (QED) is 0.271. The van der Waals surface area contributed by atoms with E-state index >= 15 is 0 Å². The van der Waals surface area contributed by atoms with Crippen molar-refractivity contribution >= 4 is 67.8 Å².